The van der Waals surface area contributed by atoms with Gasteiger partial charge in [-0.15, -0.1) is 10.2 Å². The third-order valence-corrected chi connectivity index (χ3v) is 3.87. The first kappa shape index (κ1) is 17.7. The summed E-state index contributed by atoms with van der Waals surface area (Å²) < 4.78 is 7.57. The largest absolute Gasteiger partial charge is 0.382 e. The summed E-state index contributed by atoms with van der Waals surface area (Å²) in [5.41, 5.74) is 0. The molecular formula is C16H30N6O. The maximum Gasteiger partial charge on any atom is 0.191 e. The van der Waals surface area contributed by atoms with Crippen LogP contribution in [0.5, 0.6) is 0 Å². The monoisotopic (exact) mass is 322 g/mol. The minimum Gasteiger partial charge on any atom is -0.382 e. The van der Waals surface area contributed by atoms with Crippen LogP contribution in [0.1, 0.15) is 51.2 Å². The van der Waals surface area contributed by atoms with E-state index in [0.29, 0.717) is 6.54 Å². The van der Waals surface area contributed by atoms with Gasteiger partial charge in [0.2, 0.25) is 0 Å². The highest BCUT2D eigenvalue weighted by atomic mass is 16.5. The molecule has 1 aromatic rings. The number of fused-ring (bicyclic) bond motifs is 1. The molecule has 2 heterocycles. The number of unbranched alkanes of at least 4 members (excludes halogenated alkanes) is 1. The lowest BCUT2D eigenvalue weighted by molar-refractivity contribution is 0.143. The topological polar surface area (TPSA) is 76.4 Å². The van der Waals surface area contributed by atoms with Crippen molar-refractivity contribution < 1.29 is 4.74 Å². The van der Waals surface area contributed by atoms with Crippen LogP contribution in [0.4, 0.5) is 0 Å². The summed E-state index contributed by atoms with van der Waals surface area (Å²) in [6.45, 7) is 9.07. The van der Waals surface area contributed by atoms with Gasteiger partial charge in [0.1, 0.15) is 12.4 Å². The van der Waals surface area contributed by atoms with E-state index in [1.165, 1.54) is 12.8 Å². The van der Waals surface area contributed by atoms with Crippen LogP contribution in [0.2, 0.25) is 0 Å². The molecule has 2 N–H and O–H groups in total. The Hall–Kier alpha value is -1.63. The van der Waals surface area contributed by atoms with Gasteiger partial charge in [0, 0.05) is 39.3 Å². The maximum atomic E-state index is 5.35. The molecule has 1 aromatic heterocycles. The molecule has 0 spiro atoms. The lowest BCUT2D eigenvalue weighted by Gasteiger charge is -2.14. The van der Waals surface area contributed by atoms with Crippen LogP contribution < -0.4 is 10.6 Å². The second kappa shape index (κ2) is 10.2. The molecule has 1 aliphatic heterocycles. The Balaban J connectivity index is 1.80. The fourth-order valence-corrected chi connectivity index (χ4v) is 2.66. The van der Waals surface area contributed by atoms with E-state index in [0.717, 1.165) is 69.7 Å². The number of rotatable bonds is 9. The first-order chi connectivity index (χ1) is 11.3. The van der Waals surface area contributed by atoms with Crippen LogP contribution >= 0.6 is 0 Å². The Morgan fingerprint density at radius 2 is 2.13 bits per heavy atom. The van der Waals surface area contributed by atoms with Crippen molar-refractivity contribution in [3.8, 4) is 0 Å². The summed E-state index contributed by atoms with van der Waals surface area (Å²) in [5, 5.41) is 15.2. The van der Waals surface area contributed by atoms with E-state index in [9.17, 15) is 0 Å². The number of hydrogen-bond acceptors (Lipinski definition) is 4. The van der Waals surface area contributed by atoms with E-state index in [1.807, 2.05) is 6.92 Å². The quantitative estimate of drug-likeness (QED) is 0.409. The Bertz CT molecular complexity index is 485. The first-order valence-electron chi connectivity index (χ1n) is 8.86. The highest BCUT2D eigenvalue weighted by Crippen LogP contribution is 2.14. The second-order valence-electron chi connectivity index (χ2n) is 5.67. The molecule has 0 bridgehead atoms. The van der Waals surface area contributed by atoms with Gasteiger partial charge in [0.25, 0.3) is 0 Å². The van der Waals surface area contributed by atoms with Crippen molar-refractivity contribution in [2.75, 3.05) is 26.3 Å². The molecule has 0 aliphatic carbocycles. The number of ether oxygens (including phenoxy) is 1. The van der Waals surface area contributed by atoms with Crippen molar-refractivity contribution in [2.24, 2.45) is 4.99 Å². The average Bonchev–Trinajstić information content (AvgIpc) is 2.99. The van der Waals surface area contributed by atoms with Gasteiger partial charge in [-0.25, -0.2) is 4.99 Å². The number of aryl methyl sites for hydroxylation is 1. The zero-order valence-corrected chi connectivity index (χ0v) is 14.5. The van der Waals surface area contributed by atoms with Crippen LogP contribution in [0.25, 0.3) is 0 Å². The normalized spacial score (nSPS) is 14.6. The molecule has 0 amide bonds. The fourth-order valence-electron chi connectivity index (χ4n) is 2.66. The maximum absolute atomic E-state index is 5.35. The van der Waals surface area contributed by atoms with Crippen LogP contribution in [0.15, 0.2) is 4.99 Å². The van der Waals surface area contributed by atoms with Crippen molar-refractivity contribution in [3.63, 3.8) is 0 Å². The van der Waals surface area contributed by atoms with Gasteiger partial charge in [-0.05, 0) is 39.5 Å². The molecule has 1 aliphatic rings. The fraction of sp³-hybridized carbons (Fsp3) is 0.812. The Kier molecular flexibility index (Phi) is 7.86. The van der Waals surface area contributed by atoms with Gasteiger partial charge in [-0.3, -0.25) is 0 Å². The molecule has 23 heavy (non-hydrogen) atoms. The Labute approximate surface area is 138 Å². The molecule has 0 radical (unpaired) electrons. The lowest BCUT2D eigenvalue weighted by atomic mass is 10.2. The van der Waals surface area contributed by atoms with E-state index in [-0.39, 0.29) is 0 Å². The van der Waals surface area contributed by atoms with Crippen LogP contribution in [-0.4, -0.2) is 47.0 Å². The summed E-state index contributed by atoms with van der Waals surface area (Å²) in [6.07, 6.45) is 5.60. The van der Waals surface area contributed by atoms with E-state index in [2.05, 4.69) is 37.3 Å². The Morgan fingerprint density at radius 1 is 1.22 bits per heavy atom. The number of aliphatic imine (C=N–C) groups is 1. The zero-order chi connectivity index (χ0) is 16.3. The summed E-state index contributed by atoms with van der Waals surface area (Å²) in [4.78, 5) is 4.64. The number of nitrogens with zero attached hydrogens (tertiary/aromatic N) is 4. The third-order valence-electron chi connectivity index (χ3n) is 3.87. The van der Waals surface area contributed by atoms with Crippen LogP contribution in [0, 0.1) is 0 Å². The molecule has 0 saturated carbocycles. The highest BCUT2D eigenvalue weighted by Gasteiger charge is 2.15. The number of nitrogens with one attached hydrogen (secondary N) is 2. The molecule has 2 rings (SSSR count). The Morgan fingerprint density at radius 3 is 2.96 bits per heavy atom. The summed E-state index contributed by atoms with van der Waals surface area (Å²) in [5.74, 6) is 2.92. The standard InChI is InChI=1S/C16H30N6O/c1-3-17-16(18-10-6-8-12-23-4-2)19-13-15-21-20-14-9-5-7-11-22(14)15/h3-13H2,1-2H3,(H2,17,18,19). The van der Waals surface area contributed by atoms with Gasteiger partial charge < -0.3 is 19.9 Å². The molecular weight excluding hydrogens is 292 g/mol. The molecule has 0 fully saturated rings. The van der Waals surface area contributed by atoms with Crippen molar-refractivity contribution in [3.05, 3.63) is 11.6 Å². The zero-order valence-electron chi connectivity index (χ0n) is 14.5. The van der Waals surface area contributed by atoms with Crippen molar-refractivity contribution in [1.82, 2.24) is 25.4 Å². The van der Waals surface area contributed by atoms with Crippen LogP contribution in [0.3, 0.4) is 0 Å². The van der Waals surface area contributed by atoms with Gasteiger partial charge in [0.05, 0.1) is 0 Å². The predicted octanol–water partition coefficient (Wildman–Crippen LogP) is 1.49. The summed E-state index contributed by atoms with van der Waals surface area (Å²) in [6, 6.07) is 0. The van der Waals surface area contributed by atoms with Crippen molar-refractivity contribution >= 4 is 5.96 Å². The summed E-state index contributed by atoms with van der Waals surface area (Å²) in [7, 11) is 0. The predicted molar refractivity (Wildman–Crippen MR) is 91.5 cm³/mol. The number of guanidine groups is 1. The van der Waals surface area contributed by atoms with E-state index in [1.54, 1.807) is 0 Å². The molecule has 0 saturated heterocycles. The van der Waals surface area contributed by atoms with Gasteiger partial charge in [0.15, 0.2) is 11.8 Å². The first-order valence-corrected chi connectivity index (χ1v) is 8.86. The molecule has 7 nitrogen and oxygen atoms in total. The number of aromatic nitrogens is 3. The molecule has 0 atom stereocenters. The van der Waals surface area contributed by atoms with Gasteiger partial charge >= 0.3 is 0 Å². The average molecular weight is 322 g/mol. The molecule has 130 valence electrons. The molecule has 0 unspecified atom stereocenters. The van der Waals surface area contributed by atoms with Crippen molar-refractivity contribution in [2.45, 2.75) is 59.0 Å². The second-order valence-corrected chi connectivity index (χ2v) is 5.67. The van der Waals surface area contributed by atoms with Gasteiger partial charge in [-0.2, -0.15) is 0 Å². The molecule has 0 aromatic carbocycles. The van der Waals surface area contributed by atoms with Crippen molar-refractivity contribution in [1.29, 1.82) is 0 Å². The highest BCUT2D eigenvalue weighted by molar-refractivity contribution is 5.79. The SMILES string of the molecule is CCNC(=NCc1nnc2n1CCCC2)NCCCCOCC. The van der Waals surface area contributed by atoms with E-state index >= 15 is 0 Å². The third kappa shape index (κ3) is 5.82. The number of hydrogen-bond donors (Lipinski definition) is 2. The summed E-state index contributed by atoms with van der Waals surface area (Å²) >= 11 is 0. The lowest BCUT2D eigenvalue weighted by Crippen LogP contribution is -2.37. The van der Waals surface area contributed by atoms with E-state index in [4.69, 9.17) is 4.74 Å². The van der Waals surface area contributed by atoms with Crippen LogP contribution in [-0.2, 0) is 24.2 Å². The smallest absolute Gasteiger partial charge is 0.191 e. The van der Waals surface area contributed by atoms with E-state index < -0.39 is 0 Å². The minimum absolute atomic E-state index is 0.571. The van der Waals surface area contributed by atoms with Gasteiger partial charge in [-0.1, -0.05) is 0 Å². The molecule has 7 heteroatoms. The minimum atomic E-state index is 0.571.